The third kappa shape index (κ3) is 2.15. The SMILES string of the molecule is Cn1c(Cc2ccccc2F)nnc1C(=O)O. The Bertz CT molecular complexity index is 566. The first-order valence-electron chi connectivity index (χ1n) is 4.94. The minimum atomic E-state index is -1.15. The molecule has 0 fully saturated rings. The molecular formula is C11H10FN3O2. The van der Waals surface area contributed by atoms with E-state index >= 15 is 0 Å². The van der Waals surface area contributed by atoms with E-state index in [0.29, 0.717) is 11.4 Å². The highest BCUT2D eigenvalue weighted by molar-refractivity contribution is 5.83. The minimum absolute atomic E-state index is 0.156. The molecule has 0 saturated carbocycles. The van der Waals surface area contributed by atoms with Crippen LogP contribution in [0.25, 0.3) is 0 Å². The summed E-state index contributed by atoms with van der Waals surface area (Å²) in [5.74, 6) is -1.24. The Morgan fingerprint density at radius 2 is 2.12 bits per heavy atom. The summed E-state index contributed by atoms with van der Waals surface area (Å²) in [7, 11) is 1.54. The lowest BCUT2D eigenvalue weighted by molar-refractivity contribution is 0.0679. The van der Waals surface area contributed by atoms with Crippen molar-refractivity contribution in [2.24, 2.45) is 7.05 Å². The summed E-state index contributed by atoms with van der Waals surface area (Å²) >= 11 is 0. The summed E-state index contributed by atoms with van der Waals surface area (Å²) in [6.07, 6.45) is 0.212. The molecule has 88 valence electrons. The smallest absolute Gasteiger partial charge is 0.374 e. The molecule has 0 aliphatic rings. The molecule has 1 N–H and O–H groups in total. The van der Waals surface area contributed by atoms with Gasteiger partial charge in [0.1, 0.15) is 11.6 Å². The number of aromatic carboxylic acids is 1. The van der Waals surface area contributed by atoms with Gasteiger partial charge in [0, 0.05) is 13.5 Å². The van der Waals surface area contributed by atoms with Gasteiger partial charge in [-0.2, -0.15) is 0 Å². The van der Waals surface area contributed by atoms with Crippen molar-refractivity contribution in [3.05, 3.63) is 47.3 Å². The lowest BCUT2D eigenvalue weighted by Crippen LogP contribution is -2.08. The largest absolute Gasteiger partial charge is 0.475 e. The topological polar surface area (TPSA) is 68.0 Å². The Kier molecular flexibility index (Phi) is 2.86. The standard InChI is InChI=1S/C11H10FN3O2/c1-15-9(13-14-10(15)11(16)17)6-7-4-2-3-5-8(7)12/h2-5H,6H2,1H3,(H,16,17). The van der Waals surface area contributed by atoms with Crippen LogP contribution in [0, 0.1) is 5.82 Å². The quantitative estimate of drug-likeness (QED) is 0.869. The normalized spacial score (nSPS) is 10.5. The molecule has 0 amide bonds. The van der Waals surface area contributed by atoms with Crippen LogP contribution in [0.2, 0.25) is 0 Å². The van der Waals surface area contributed by atoms with E-state index in [9.17, 15) is 9.18 Å². The molecular weight excluding hydrogens is 225 g/mol. The van der Waals surface area contributed by atoms with Crippen LogP contribution in [-0.2, 0) is 13.5 Å². The predicted octanol–water partition coefficient (Wildman–Crippen LogP) is 1.24. The van der Waals surface area contributed by atoms with Gasteiger partial charge in [-0.3, -0.25) is 0 Å². The van der Waals surface area contributed by atoms with Crippen LogP contribution >= 0.6 is 0 Å². The number of carbonyl (C=O) groups is 1. The van der Waals surface area contributed by atoms with E-state index in [4.69, 9.17) is 5.11 Å². The van der Waals surface area contributed by atoms with Gasteiger partial charge in [0.15, 0.2) is 0 Å². The van der Waals surface area contributed by atoms with Crippen molar-refractivity contribution in [1.82, 2.24) is 14.8 Å². The molecule has 5 nitrogen and oxygen atoms in total. The Labute approximate surface area is 96.5 Å². The lowest BCUT2D eigenvalue weighted by Gasteiger charge is -2.03. The third-order valence-electron chi connectivity index (χ3n) is 2.46. The molecule has 0 spiro atoms. The maximum atomic E-state index is 13.4. The maximum absolute atomic E-state index is 13.4. The molecule has 0 bridgehead atoms. The van der Waals surface area contributed by atoms with E-state index < -0.39 is 5.97 Å². The van der Waals surface area contributed by atoms with Gasteiger partial charge in [0.2, 0.25) is 5.82 Å². The van der Waals surface area contributed by atoms with Crippen LogP contribution in [0.3, 0.4) is 0 Å². The number of carboxylic acids is 1. The Morgan fingerprint density at radius 3 is 2.71 bits per heavy atom. The van der Waals surface area contributed by atoms with Gasteiger partial charge in [0.25, 0.3) is 0 Å². The molecule has 0 aliphatic heterocycles. The van der Waals surface area contributed by atoms with Gasteiger partial charge in [-0.1, -0.05) is 18.2 Å². The first-order chi connectivity index (χ1) is 8.09. The number of nitrogens with zero attached hydrogens (tertiary/aromatic N) is 3. The van der Waals surface area contributed by atoms with Gasteiger partial charge in [-0.25, -0.2) is 9.18 Å². The molecule has 0 atom stereocenters. The summed E-state index contributed by atoms with van der Waals surface area (Å²) in [6.45, 7) is 0. The number of benzene rings is 1. The van der Waals surface area contributed by atoms with Crippen molar-refractivity contribution in [2.45, 2.75) is 6.42 Å². The number of hydrogen-bond donors (Lipinski definition) is 1. The lowest BCUT2D eigenvalue weighted by atomic mass is 10.1. The van der Waals surface area contributed by atoms with E-state index in [1.54, 1.807) is 25.2 Å². The fourth-order valence-electron chi connectivity index (χ4n) is 1.51. The van der Waals surface area contributed by atoms with Gasteiger partial charge >= 0.3 is 5.97 Å². The summed E-state index contributed by atoms with van der Waals surface area (Å²) in [4.78, 5) is 10.8. The van der Waals surface area contributed by atoms with Crippen molar-refractivity contribution in [2.75, 3.05) is 0 Å². The van der Waals surface area contributed by atoms with E-state index in [2.05, 4.69) is 10.2 Å². The van der Waals surface area contributed by atoms with Crippen LogP contribution in [0.15, 0.2) is 24.3 Å². The molecule has 1 aromatic heterocycles. The van der Waals surface area contributed by atoms with Crippen LogP contribution < -0.4 is 0 Å². The average molecular weight is 235 g/mol. The van der Waals surface area contributed by atoms with Crippen molar-refractivity contribution < 1.29 is 14.3 Å². The number of hydrogen-bond acceptors (Lipinski definition) is 3. The molecule has 1 aromatic carbocycles. The summed E-state index contributed by atoms with van der Waals surface area (Å²) in [5.41, 5.74) is 0.458. The fraction of sp³-hybridized carbons (Fsp3) is 0.182. The van der Waals surface area contributed by atoms with E-state index in [1.165, 1.54) is 10.6 Å². The van der Waals surface area contributed by atoms with Crippen LogP contribution in [-0.4, -0.2) is 25.8 Å². The molecule has 2 rings (SSSR count). The Balaban J connectivity index is 2.31. The average Bonchev–Trinajstić information content (AvgIpc) is 2.64. The van der Waals surface area contributed by atoms with Gasteiger partial charge in [-0.15, -0.1) is 10.2 Å². The second-order valence-corrected chi connectivity index (χ2v) is 3.57. The number of halogens is 1. The number of carboxylic acid groups (broad SMARTS) is 1. The molecule has 6 heteroatoms. The minimum Gasteiger partial charge on any atom is -0.475 e. The first kappa shape index (κ1) is 11.3. The van der Waals surface area contributed by atoms with Crippen molar-refractivity contribution >= 4 is 5.97 Å². The third-order valence-corrected chi connectivity index (χ3v) is 2.46. The maximum Gasteiger partial charge on any atom is 0.374 e. The summed E-state index contributed by atoms with van der Waals surface area (Å²) in [5, 5.41) is 16.1. The van der Waals surface area contributed by atoms with E-state index in [1.807, 2.05) is 0 Å². The second-order valence-electron chi connectivity index (χ2n) is 3.57. The highest BCUT2D eigenvalue weighted by atomic mass is 19.1. The van der Waals surface area contributed by atoms with Crippen molar-refractivity contribution in [3.8, 4) is 0 Å². The highest BCUT2D eigenvalue weighted by Gasteiger charge is 2.15. The van der Waals surface area contributed by atoms with Crippen molar-refractivity contribution in [1.29, 1.82) is 0 Å². The van der Waals surface area contributed by atoms with Crippen LogP contribution in [0.4, 0.5) is 4.39 Å². The molecule has 0 aliphatic carbocycles. The first-order valence-corrected chi connectivity index (χ1v) is 4.94. The number of rotatable bonds is 3. The molecule has 0 unspecified atom stereocenters. The zero-order valence-electron chi connectivity index (χ0n) is 9.09. The summed E-state index contributed by atoms with van der Waals surface area (Å²) in [6, 6.07) is 6.29. The molecule has 2 aromatic rings. The Hall–Kier alpha value is -2.24. The van der Waals surface area contributed by atoms with Crippen LogP contribution in [0.1, 0.15) is 22.0 Å². The summed E-state index contributed by atoms with van der Waals surface area (Å²) < 4.78 is 14.7. The number of aromatic nitrogens is 3. The Morgan fingerprint density at radius 1 is 1.41 bits per heavy atom. The molecule has 17 heavy (non-hydrogen) atoms. The van der Waals surface area contributed by atoms with Crippen molar-refractivity contribution in [3.63, 3.8) is 0 Å². The van der Waals surface area contributed by atoms with E-state index in [0.717, 1.165) is 0 Å². The molecule has 0 saturated heterocycles. The second kappa shape index (κ2) is 4.32. The monoisotopic (exact) mass is 235 g/mol. The van der Waals surface area contributed by atoms with Gasteiger partial charge in [0.05, 0.1) is 0 Å². The predicted molar refractivity (Wildman–Crippen MR) is 57.2 cm³/mol. The molecule has 1 heterocycles. The fourth-order valence-corrected chi connectivity index (χ4v) is 1.51. The van der Waals surface area contributed by atoms with E-state index in [-0.39, 0.29) is 18.1 Å². The van der Waals surface area contributed by atoms with Gasteiger partial charge in [-0.05, 0) is 11.6 Å². The molecule has 0 radical (unpaired) electrons. The van der Waals surface area contributed by atoms with Gasteiger partial charge < -0.3 is 9.67 Å². The highest BCUT2D eigenvalue weighted by Crippen LogP contribution is 2.11. The zero-order valence-corrected chi connectivity index (χ0v) is 9.09. The zero-order chi connectivity index (χ0) is 12.4. The van der Waals surface area contributed by atoms with Crippen LogP contribution in [0.5, 0.6) is 0 Å².